The lowest BCUT2D eigenvalue weighted by molar-refractivity contribution is 0.217. The summed E-state index contributed by atoms with van der Waals surface area (Å²) in [4.78, 5) is 4.30. The Kier molecular flexibility index (Phi) is 5.06. The molecule has 2 rings (SSSR count). The van der Waals surface area contributed by atoms with Crippen molar-refractivity contribution >= 4 is 10.0 Å². The van der Waals surface area contributed by atoms with E-state index in [2.05, 4.69) is 17.2 Å². The number of sulfonamides is 1. The highest BCUT2D eigenvalue weighted by molar-refractivity contribution is 7.89. The van der Waals surface area contributed by atoms with Crippen LogP contribution in [0.2, 0.25) is 0 Å². The van der Waals surface area contributed by atoms with Crippen molar-refractivity contribution in [2.45, 2.75) is 45.0 Å². The molecule has 7 heteroatoms. The lowest BCUT2D eigenvalue weighted by atomic mass is 9.95. The van der Waals surface area contributed by atoms with Crippen LogP contribution in [-0.4, -0.2) is 46.7 Å². The molecule has 1 aliphatic rings. The van der Waals surface area contributed by atoms with Gasteiger partial charge in [0.05, 0.1) is 11.8 Å². The number of aryl methyl sites for hydroxylation is 1. The van der Waals surface area contributed by atoms with Gasteiger partial charge in [0.15, 0.2) is 0 Å². The second-order valence-electron chi connectivity index (χ2n) is 6.16. The van der Waals surface area contributed by atoms with Crippen molar-refractivity contribution in [3.05, 3.63) is 18.2 Å². The Labute approximate surface area is 127 Å². The van der Waals surface area contributed by atoms with Crippen molar-refractivity contribution in [2.24, 2.45) is 13.0 Å². The topological polar surface area (TPSA) is 67.2 Å². The van der Waals surface area contributed by atoms with Crippen LogP contribution < -0.4 is 5.32 Å². The van der Waals surface area contributed by atoms with Crippen LogP contribution in [0.3, 0.4) is 0 Å². The molecule has 0 radical (unpaired) electrons. The number of imidazole rings is 1. The quantitative estimate of drug-likeness (QED) is 0.879. The Bertz CT molecular complexity index is 567. The molecule has 0 bridgehead atoms. The zero-order chi connectivity index (χ0) is 15.6. The van der Waals surface area contributed by atoms with E-state index in [1.54, 1.807) is 24.3 Å². The van der Waals surface area contributed by atoms with Crippen LogP contribution in [-0.2, 0) is 23.6 Å². The average molecular weight is 314 g/mol. The third-order valence-electron chi connectivity index (χ3n) is 4.27. The first kappa shape index (κ1) is 16.5. The molecule has 6 nitrogen and oxygen atoms in total. The van der Waals surface area contributed by atoms with Gasteiger partial charge >= 0.3 is 0 Å². The fraction of sp³-hybridized carbons (Fsp3) is 0.786. The summed E-state index contributed by atoms with van der Waals surface area (Å²) in [5.74, 6) is 1.30. The van der Waals surface area contributed by atoms with Crippen molar-refractivity contribution in [3.8, 4) is 0 Å². The summed E-state index contributed by atoms with van der Waals surface area (Å²) in [5, 5.41) is 3.17. The van der Waals surface area contributed by atoms with Gasteiger partial charge < -0.3 is 9.88 Å². The SMILES string of the molecule is CC(C)S(=O)(=O)N1CC[C@H](NCc2nccn2C)[C@H](C)C1. The van der Waals surface area contributed by atoms with Crippen LogP contribution in [0.1, 0.15) is 33.0 Å². The van der Waals surface area contributed by atoms with E-state index in [0.29, 0.717) is 25.0 Å². The number of nitrogens with zero attached hydrogens (tertiary/aromatic N) is 3. The molecule has 1 aromatic heterocycles. The van der Waals surface area contributed by atoms with Gasteiger partial charge in [-0.3, -0.25) is 0 Å². The summed E-state index contributed by atoms with van der Waals surface area (Å²) in [5.41, 5.74) is 0. The van der Waals surface area contributed by atoms with E-state index in [1.165, 1.54) is 0 Å². The highest BCUT2D eigenvalue weighted by atomic mass is 32.2. The van der Waals surface area contributed by atoms with Crippen molar-refractivity contribution in [3.63, 3.8) is 0 Å². The summed E-state index contributed by atoms with van der Waals surface area (Å²) < 4.78 is 28.1. The predicted molar refractivity (Wildman–Crippen MR) is 83.2 cm³/mol. The van der Waals surface area contributed by atoms with Gasteiger partial charge in [-0.05, 0) is 26.2 Å². The Morgan fingerprint density at radius 1 is 1.48 bits per heavy atom. The molecule has 1 aliphatic heterocycles. The van der Waals surface area contributed by atoms with Crippen LogP contribution in [0.5, 0.6) is 0 Å². The van der Waals surface area contributed by atoms with E-state index in [0.717, 1.165) is 18.8 Å². The molecule has 1 N–H and O–H groups in total. The number of nitrogens with one attached hydrogen (secondary N) is 1. The second kappa shape index (κ2) is 6.46. The van der Waals surface area contributed by atoms with E-state index in [-0.39, 0.29) is 5.25 Å². The van der Waals surface area contributed by atoms with E-state index < -0.39 is 10.0 Å². The third kappa shape index (κ3) is 3.64. The summed E-state index contributed by atoms with van der Waals surface area (Å²) in [7, 11) is -1.15. The van der Waals surface area contributed by atoms with Gasteiger partial charge in [0.2, 0.25) is 10.0 Å². The number of hydrogen-bond donors (Lipinski definition) is 1. The monoisotopic (exact) mass is 314 g/mol. The van der Waals surface area contributed by atoms with Crippen LogP contribution in [0.4, 0.5) is 0 Å². The molecule has 2 heterocycles. The lowest BCUT2D eigenvalue weighted by Gasteiger charge is -2.37. The van der Waals surface area contributed by atoms with Gasteiger partial charge in [-0.2, -0.15) is 0 Å². The normalized spacial score (nSPS) is 24.6. The molecule has 0 aromatic carbocycles. The molecule has 0 unspecified atom stereocenters. The number of hydrogen-bond acceptors (Lipinski definition) is 4. The summed E-state index contributed by atoms with van der Waals surface area (Å²) in [6.07, 6.45) is 4.56. The Balaban J connectivity index is 1.91. The second-order valence-corrected chi connectivity index (χ2v) is 8.65. The third-order valence-corrected chi connectivity index (χ3v) is 6.51. The maximum Gasteiger partial charge on any atom is 0.216 e. The molecule has 0 saturated carbocycles. The van der Waals surface area contributed by atoms with Gasteiger partial charge in [-0.15, -0.1) is 0 Å². The van der Waals surface area contributed by atoms with Crippen molar-refractivity contribution in [1.29, 1.82) is 0 Å². The lowest BCUT2D eigenvalue weighted by Crippen LogP contribution is -2.51. The molecule has 2 atom stereocenters. The minimum atomic E-state index is -3.13. The summed E-state index contributed by atoms with van der Waals surface area (Å²) in [6, 6.07) is 0.334. The number of aromatic nitrogens is 2. The molecule has 1 aromatic rings. The fourth-order valence-corrected chi connectivity index (χ4v) is 4.13. The van der Waals surface area contributed by atoms with Crippen molar-refractivity contribution in [2.75, 3.05) is 13.1 Å². The zero-order valence-corrected chi connectivity index (χ0v) is 14.1. The first-order valence-electron chi connectivity index (χ1n) is 7.51. The molecule has 120 valence electrons. The largest absolute Gasteiger partial charge is 0.337 e. The van der Waals surface area contributed by atoms with Crippen molar-refractivity contribution < 1.29 is 8.42 Å². The number of rotatable bonds is 5. The summed E-state index contributed by atoms with van der Waals surface area (Å²) in [6.45, 7) is 7.51. The molecule has 1 saturated heterocycles. The van der Waals surface area contributed by atoms with E-state index in [9.17, 15) is 8.42 Å². The standard InChI is InChI=1S/C14H26N4O2S/c1-11(2)21(19,20)18-7-5-13(12(3)10-18)16-9-14-15-6-8-17(14)4/h6,8,11-13,16H,5,7,9-10H2,1-4H3/t12-,13+/m1/s1. The van der Waals surface area contributed by atoms with Gasteiger partial charge in [-0.1, -0.05) is 6.92 Å². The van der Waals surface area contributed by atoms with Gasteiger partial charge in [0, 0.05) is 38.6 Å². The van der Waals surface area contributed by atoms with E-state index >= 15 is 0 Å². The minimum absolute atomic E-state index is 0.299. The van der Waals surface area contributed by atoms with Crippen molar-refractivity contribution in [1.82, 2.24) is 19.2 Å². The molecule has 21 heavy (non-hydrogen) atoms. The van der Waals surface area contributed by atoms with Crippen LogP contribution in [0.15, 0.2) is 12.4 Å². The highest BCUT2D eigenvalue weighted by Crippen LogP contribution is 2.21. The fourth-order valence-electron chi connectivity index (χ4n) is 2.73. The Morgan fingerprint density at radius 2 is 2.19 bits per heavy atom. The van der Waals surface area contributed by atoms with Gasteiger partial charge in [0.1, 0.15) is 5.82 Å². The zero-order valence-electron chi connectivity index (χ0n) is 13.3. The Morgan fingerprint density at radius 3 is 2.71 bits per heavy atom. The van der Waals surface area contributed by atoms with E-state index in [4.69, 9.17) is 0 Å². The Hall–Kier alpha value is -0.920. The first-order valence-corrected chi connectivity index (χ1v) is 9.01. The average Bonchev–Trinajstić information content (AvgIpc) is 2.82. The van der Waals surface area contributed by atoms with Crippen LogP contribution in [0, 0.1) is 5.92 Å². The van der Waals surface area contributed by atoms with Crippen LogP contribution in [0.25, 0.3) is 0 Å². The minimum Gasteiger partial charge on any atom is -0.337 e. The molecule has 0 aliphatic carbocycles. The van der Waals surface area contributed by atoms with Gasteiger partial charge in [-0.25, -0.2) is 17.7 Å². The molecule has 0 amide bonds. The van der Waals surface area contributed by atoms with E-state index in [1.807, 2.05) is 17.8 Å². The smallest absolute Gasteiger partial charge is 0.216 e. The summed E-state index contributed by atoms with van der Waals surface area (Å²) >= 11 is 0. The molecular weight excluding hydrogens is 288 g/mol. The number of piperidine rings is 1. The molecule has 1 fully saturated rings. The maximum absolute atomic E-state index is 12.2. The van der Waals surface area contributed by atoms with Gasteiger partial charge in [0.25, 0.3) is 0 Å². The highest BCUT2D eigenvalue weighted by Gasteiger charge is 2.33. The van der Waals surface area contributed by atoms with Crippen LogP contribution >= 0.6 is 0 Å². The maximum atomic E-state index is 12.2. The molecule has 0 spiro atoms. The molecular formula is C14H26N4O2S. The predicted octanol–water partition coefficient (Wildman–Crippen LogP) is 0.958. The first-order chi connectivity index (χ1) is 9.82.